The molecule has 1 aliphatic carbocycles. The summed E-state index contributed by atoms with van der Waals surface area (Å²) in [6, 6.07) is 3.56. The number of Topliss-reactive ketones (excluding diaryl/α,β-unsaturated/α-hetero) is 1. The summed E-state index contributed by atoms with van der Waals surface area (Å²) in [6.07, 6.45) is 0. The van der Waals surface area contributed by atoms with Crippen LogP contribution in [0.5, 0.6) is 0 Å². The van der Waals surface area contributed by atoms with Crippen LogP contribution in [0.15, 0.2) is 15.2 Å². The largest absolute Gasteiger partial charge is 0.288 e. The van der Waals surface area contributed by atoms with Crippen molar-refractivity contribution >= 4 is 68.5 Å². The molecule has 0 unspecified atom stereocenters. The number of rotatable bonds is 0. The highest BCUT2D eigenvalue weighted by Crippen LogP contribution is 2.50. The zero-order chi connectivity index (χ0) is 13.4. The Bertz CT molecular complexity index is 703. The number of nitrogens with zero attached hydrogens (tertiary/aromatic N) is 2. The van der Waals surface area contributed by atoms with Gasteiger partial charge in [-0.25, -0.2) is 0 Å². The molecular weight excluding hydrogens is 406 g/mol. The van der Waals surface area contributed by atoms with Gasteiger partial charge in [-0.2, -0.15) is 10.5 Å². The molecule has 1 heterocycles. The fraction of sp³-hybridized carbons (Fsp3) is 0. The topological polar surface area (TPSA) is 64.7 Å². The van der Waals surface area contributed by atoms with E-state index < -0.39 is 0 Å². The summed E-state index contributed by atoms with van der Waals surface area (Å²) in [6.45, 7) is 0. The first-order valence-corrected chi connectivity index (χ1v) is 7.26. The number of carbonyl (C=O) groups excluding carboxylic acids is 1. The molecule has 1 aromatic rings. The average Bonchev–Trinajstić information content (AvgIpc) is 2.79. The Morgan fingerprint density at radius 3 is 2.28 bits per heavy atom. The molecule has 88 valence electrons. The minimum Gasteiger partial charge on any atom is -0.288 e. The molecule has 0 bridgehead atoms. The molecule has 7 heteroatoms. The van der Waals surface area contributed by atoms with Crippen LogP contribution in [-0.4, -0.2) is 5.78 Å². The van der Waals surface area contributed by atoms with Gasteiger partial charge in [-0.1, -0.05) is 45.8 Å². The second-order valence-corrected chi connectivity index (χ2v) is 6.07. The third kappa shape index (κ3) is 1.79. The molecule has 0 amide bonds. The van der Waals surface area contributed by atoms with Crippen LogP contribution < -0.4 is 0 Å². The number of thiophene rings is 1. The molecule has 2 rings (SSSR count). The summed E-state index contributed by atoms with van der Waals surface area (Å²) in [5, 5.41) is 17.9. The van der Waals surface area contributed by atoms with Gasteiger partial charge in [0, 0.05) is 16.7 Å². The van der Waals surface area contributed by atoms with Gasteiger partial charge < -0.3 is 0 Å². The Balaban J connectivity index is 2.94. The maximum atomic E-state index is 12.1. The number of nitriles is 2. The highest BCUT2D eigenvalue weighted by molar-refractivity contribution is 14.1. The summed E-state index contributed by atoms with van der Waals surface area (Å²) >= 11 is 14.9. The Labute approximate surface area is 130 Å². The van der Waals surface area contributed by atoms with E-state index in [0.29, 0.717) is 9.90 Å². The SMILES string of the molecule is N#CC(C#N)=C1/C(=C\I)C(=O)c2c(Cl)sc(Cl)c21. The second-order valence-electron chi connectivity index (χ2n) is 3.22. The van der Waals surface area contributed by atoms with Crippen LogP contribution in [0.1, 0.15) is 15.9 Å². The fourth-order valence-electron chi connectivity index (χ4n) is 1.69. The maximum Gasteiger partial charge on any atom is 0.197 e. The van der Waals surface area contributed by atoms with Crippen LogP contribution in [0.3, 0.4) is 0 Å². The molecule has 0 spiro atoms. The Morgan fingerprint density at radius 2 is 1.78 bits per heavy atom. The zero-order valence-electron chi connectivity index (χ0n) is 8.42. The van der Waals surface area contributed by atoms with Gasteiger partial charge in [0.25, 0.3) is 0 Å². The molecule has 0 radical (unpaired) electrons. The number of hydrogen-bond acceptors (Lipinski definition) is 4. The fourth-order valence-corrected chi connectivity index (χ4v) is 3.99. The van der Waals surface area contributed by atoms with Gasteiger partial charge >= 0.3 is 0 Å². The quantitative estimate of drug-likeness (QED) is 0.365. The van der Waals surface area contributed by atoms with Crippen molar-refractivity contribution < 1.29 is 4.79 Å². The van der Waals surface area contributed by atoms with Crippen LogP contribution in [0, 0.1) is 22.7 Å². The van der Waals surface area contributed by atoms with Gasteiger partial charge in [-0.05, 0) is 4.08 Å². The Hall–Kier alpha value is -0.860. The minimum atomic E-state index is -0.300. The molecule has 0 aromatic carbocycles. The monoisotopic (exact) mass is 406 g/mol. The molecule has 0 N–H and O–H groups in total. The lowest BCUT2D eigenvalue weighted by atomic mass is 10.0. The van der Waals surface area contributed by atoms with Crippen LogP contribution in [0.2, 0.25) is 8.67 Å². The van der Waals surface area contributed by atoms with Gasteiger partial charge in [0.15, 0.2) is 5.78 Å². The molecule has 18 heavy (non-hydrogen) atoms. The van der Waals surface area contributed by atoms with Gasteiger partial charge in [-0.15, -0.1) is 11.3 Å². The molecule has 0 atom stereocenters. The molecule has 0 saturated heterocycles. The lowest BCUT2D eigenvalue weighted by Crippen LogP contribution is -1.95. The Morgan fingerprint density at radius 1 is 1.22 bits per heavy atom. The first-order valence-electron chi connectivity index (χ1n) is 4.44. The number of hydrogen-bond donors (Lipinski definition) is 0. The lowest BCUT2D eigenvalue weighted by molar-refractivity contribution is 0.104. The summed E-state index contributed by atoms with van der Waals surface area (Å²) in [7, 11) is 0. The van der Waals surface area contributed by atoms with Gasteiger partial charge in [-0.3, -0.25) is 4.79 Å². The van der Waals surface area contributed by atoms with E-state index in [0.717, 1.165) is 11.3 Å². The van der Waals surface area contributed by atoms with Crippen molar-refractivity contribution in [1.82, 2.24) is 0 Å². The van der Waals surface area contributed by atoms with Crippen molar-refractivity contribution in [3.05, 3.63) is 35.0 Å². The van der Waals surface area contributed by atoms with Gasteiger partial charge in [0.05, 0.1) is 5.56 Å². The van der Waals surface area contributed by atoms with Gasteiger partial charge in [0.1, 0.15) is 26.4 Å². The molecule has 1 aromatic heterocycles. The zero-order valence-corrected chi connectivity index (χ0v) is 12.9. The lowest BCUT2D eigenvalue weighted by Gasteiger charge is -1.99. The smallest absolute Gasteiger partial charge is 0.197 e. The number of carbonyl (C=O) groups is 1. The standard InChI is InChI=1S/C11HCl2IN2OS/c12-10-7-6(4(2-15)3-16)5(1-14)9(17)8(7)11(13)18-10/h1H/b5-1+. The maximum absolute atomic E-state index is 12.1. The molecule has 3 nitrogen and oxygen atoms in total. The first-order chi connectivity index (χ1) is 8.56. The predicted molar refractivity (Wildman–Crippen MR) is 78.9 cm³/mol. The van der Waals surface area contributed by atoms with E-state index in [4.69, 9.17) is 33.7 Å². The highest BCUT2D eigenvalue weighted by Gasteiger charge is 2.38. The van der Waals surface area contributed by atoms with E-state index in [1.165, 1.54) is 4.08 Å². The third-order valence-corrected chi connectivity index (χ3v) is 4.63. The van der Waals surface area contributed by atoms with E-state index in [1.807, 2.05) is 22.6 Å². The summed E-state index contributed by atoms with van der Waals surface area (Å²) in [5.74, 6) is -0.300. The van der Waals surface area contributed by atoms with E-state index in [9.17, 15) is 4.79 Å². The van der Waals surface area contributed by atoms with Crippen molar-refractivity contribution in [2.75, 3.05) is 0 Å². The Kier molecular flexibility index (Phi) is 3.79. The molecule has 1 aliphatic rings. The molecular formula is C11HCl2IN2OS. The normalized spacial score (nSPS) is 15.5. The minimum absolute atomic E-state index is 0.138. The molecule has 0 saturated carbocycles. The second kappa shape index (κ2) is 5.02. The summed E-state index contributed by atoms with van der Waals surface area (Å²) in [4.78, 5) is 12.1. The molecule has 0 aliphatic heterocycles. The number of allylic oxidation sites excluding steroid dienone is 3. The third-order valence-electron chi connectivity index (χ3n) is 2.40. The number of ketones is 1. The van der Waals surface area contributed by atoms with Crippen molar-refractivity contribution in [1.29, 1.82) is 10.5 Å². The first kappa shape index (κ1) is 13.6. The average molecular weight is 407 g/mol. The molecule has 0 fully saturated rings. The van der Waals surface area contributed by atoms with E-state index in [-0.39, 0.29) is 32.4 Å². The summed E-state index contributed by atoms with van der Waals surface area (Å²) in [5.41, 5.74) is 1.12. The van der Waals surface area contributed by atoms with Crippen molar-refractivity contribution in [3.63, 3.8) is 0 Å². The van der Waals surface area contributed by atoms with Gasteiger partial charge in [0.2, 0.25) is 0 Å². The number of fused-ring (bicyclic) bond motifs is 1. The summed E-state index contributed by atoms with van der Waals surface area (Å²) < 4.78 is 2.12. The predicted octanol–water partition coefficient (Wildman–Crippen LogP) is 4.37. The van der Waals surface area contributed by atoms with Crippen LogP contribution in [-0.2, 0) is 0 Å². The van der Waals surface area contributed by atoms with Crippen LogP contribution in [0.25, 0.3) is 5.57 Å². The highest BCUT2D eigenvalue weighted by atomic mass is 127. The van der Waals surface area contributed by atoms with Crippen molar-refractivity contribution in [2.24, 2.45) is 0 Å². The van der Waals surface area contributed by atoms with Crippen molar-refractivity contribution in [3.8, 4) is 12.1 Å². The van der Waals surface area contributed by atoms with E-state index in [2.05, 4.69) is 0 Å². The number of halogens is 3. The van der Waals surface area contributed by atoms with Crippen LogP contribution in [0.4, 0.5) is 0 Å². The van der Waals surface area contributed by atoms with E-state index >= 15 is 0 Å². The van der Waals surface area contributed by atoms with Crippen molar-refractivity contribution in [2.45, 2.75) is 0 Å². The van der Waals surface area contributed by atoms with E-state index in [1.54, 1.807) is 12.1 Å². The van der Waals surface area contributed by atoms with Crippen LogP contribution >= 0.6 is 57.1 Å².